The Balaban J connectivity index is 1.92. The average Bonchev–Trinajstić information content (AvgIpc) is 2.85. The van der Waals surface area contributed by atoms with Crippen LogP contribution in [-0.4, -0.2) is 33.3 Å². The second kappa shape index (κ2) is 12.1. The molecule has 35 heavy (non-hydrogen) atoms. The number of rotatable bonds is 10. The summed E-state index contributed by atoms with van der Waals surface area (Å²) in [5, 5.41) is 5.83. The molecule has 0 spiro atoms. The first kappa shape index (κ1) is 26.5. The minimum absolute atomic E-state index is 0.0143. The summed E-state index contributed by atoms with van der Waals surface area (Å²) in [4.78, 5) is 25.7. The van der Waals surface area contributed by atoms with Crippen LogP contribution < -0.4 is 14.9 Å². The van der Waals surface area contributed by atoms with Gasteiger partial charge in [0.25, 0.3) is 15.9 Å². The molecule has 2 amide bonds. The number of hydrogen-bond acceptors (Lipinski definition) is 4. The van der Waals surface area contributed by atoms with E-state index in [1.54, 1.807) is 42.5 Å². The van der Waals surface area contributed by atoms with E-state index in [-0.39, 0.29) is 37.8 Å². The predicted molar refractivity (Wildman–Crippen MR) is 140 cm³/mol. The summed E-state index contributed by atoms with van der Waals surface area (Å²) in [7, 11) is -4.17. The highest BCUT2D eigenvalue weighted by molar-refractivity contribution is 7.92. The molecule has 10 heteroatoms. The summed E-state index contributed by atoms with van der Waals surface area (Å²) in [6.07, 6.45) is 1.75. The number of unbranched alkanes of at least 4 members (excludes halogenated alkanes) is 1. The Morgan fingerprint density at radius 2 is 1.63 bits per heavy atom. The highest BCUT2D eigenvalue weighted by Crippen LogP contribution is 2.33. The first-order valence-corrected chi connectivity index (χ1v) is 13.1. The van der Waals surface area contributed by atoms with Crippen LogP contribution in [0.3, 0.4) is 0 Å². The quantitative estimate of drug-likeness (QED) is 0.343. The maximum atomic E-state index is 13.5. The van der Waals surface area contributed by atoms with Crippen molar-refractivity contribution in [1.82, 2.24) is 5.32 Å². The zero-order valence-corrected chi connectivity index (χ0v) is 21.3. The molecular weight excluding hydrogens is 509 g/mol. The van der Waals surface area contributed by atoms with Crippen molar-refractivity contribution in [2.75, 3.05) is 22.7 Å². The lowest BCUT2D eigenvalue weighted by Gasteiger charge is -2.25. The van der Waals surface area contributed by atoms with E-state index in [9.17, 15) is 18.0 Å². The van der Waals surface area contributed by atoms with Crippen molar-refractivity contribution in [3.05, 3.63) is 88.4 Å². The van der Waals surface area contributed by atoms with Gasteiger partial charge in [-0.05, 0) is 48.9 Å². The molecule has 3 rings (SSSR count). The number of carbonyl (C=O) groups is 2. The van der Waals surface area contributed by atoms with E-state index in [1.807, 2.05) is 6.92 Å². The number of hydrogen-bond donors (Lipinski definition) is 2. The summed E-state index contributed by atoms with van der Waals surface area (Å²) >= 11 is 12.4. The standard InChI is InChI=1S/C25H25Cl2N3O4S/c1-2-3-15-28-25(32)20-11-7-8-12-22(20)29-24(31)17-30(23-16-18(26)13-14-21(23)27)35(33,34)19-9-5-4-6-10-19/h4-14,16H,2-3,15,17H2,1H3,(H,28,32)(H,29,31). The molecular formula is C25H25Cl2N3O4S. The average molecular weight is 534 g/mol. The Morgan fingerprint density at radius 1 is 0.943 bits per heavy atom. The lowest BCUT2D eigenvalue weighted by Crippen LogP contribution is -2.38. The van der Waals surface area contributed by atoms with Gasteiger partial charge in [0, 0.05) is 11.6 Å². The fourth-order valence-corrected chi connectivity index (χ4v) is 5.17. The maximum absolute atomic E-state index is 13.5. The van der Waals surface area contributed by atoms with E-state index in [4.69, 9.17) is 23.2 Å². The summed E-state index contributed by atoms with van der Waals surface area (Å²) in [5.41, 5.74) is 0.597. The molecule has 7 nitrogen and oxygen atoms in total. The SMILES string of the molecule is CCCCNC(=O)c1ccccc1NC(=O)CN(c1cc(Cl)ccc1Cl)S(=O)(=O)c1ccccc1. The van der Waals surface area contributed by atoms with Crippen LogP contribution in [0.15, 0.2) is 77.7 Å². The van der Waals surface area contributed by atoms with Crippen molar-refractivity contribution >= 4 is 56.4 Å². The molecule has 0 fully saturated rings. The number of benzene rings is 3. The summed E-state index contributed by atoms with van der Waals surface area (Å²) in [5.74, 6) is -0.990. The molecule has 184 valence electrons. The molecule has 0 aliphatic heterocycles. The van der Waals surface area contributed by atoms with Gasteiger partial charge in [-0.3, -0.25) is 13.9 Å². The van der Waals surface area contributed by atoms with Crippen molar-refractivity contribution in [3.8, 4) is 0 Å². The molecule has 0 bridgehead atoms. The van der Waals surface area contributed by atoms with E-state index < -0.39 is 22.5 Å². The van der Waals surface area contributed by atoms with Gasteiger partial charge in [0.1, 0.15) is 6.54 Å². The predicted octanol–water partition coefficient (Wildman–Crippen LogP) is 5.36. The van der Waals surface area contributed by atoms with Crippen LogP contribution in [0.2, 0.25) is 10.0 Å². The van der Waals surface area contributed by atoms with Crippen LogP contribution in [0, 0.1) is 0 Å². The Hall–Kier alpha value is -3.07. The Morgan fingerprint density at radius 3 is 2.34 bits per heavy atom. The molecule has 0 aliphatic rings. The van der Waals surface area contributed by atoms with E-state index in [0.717, 1.165) is 17.1 Å². The van der Waals surface area contributed by atoms with Gasteiger partial charge in [-0.1, -0.05) is 66.9 Å². The fraction of sp³-hybridized carbons (Fsp3) is 0.200. The van der Waals surface area contributed by atoms with Crippen LogP contribution in [0.1, 0.15) is 30.1 Å². The highest BCUT2D eigenvalue weighted by Gasteiger charge is 2.29. The van der Waals surface area contributed by atoms with Crippen LogP contribution >= 0.6 is 23.2 Å². The third-order valence-corrected chi connectivity index (χ3v) is 7.39. The lowest BCUT2D eigenvalue weighted by atomic mass is 10.1. The van der Waals surface area contributed by atoms with Crippen molar-refractivity contribution in [2.24, 2.45) is 0 Å². The van der Waals surface area contributed by atoms with Crippen LogP contribution in [0.5, 0.6) is 0 Å². The minimum atomic E-state index is -4.17. The fourth-order valence-electron chi connectivity index (χ4n) is 3.28. The number of carbonyl (C=O) groups excluding carboxylic acids is 2. The molecule has 3 aromatic carbocycles. The van der Waals surface area contributed by atoms with Gasteiger partial charge in [-0.2, -0.15) is 0 Å². The maximum Gasteiger partial charge on any atom is 0.264 e. The van der Waals surface area contributed by atoms with Crippen molar-refractivity contribution in [1.29, 1.82) is 0 Å². The Kier molecular flexibility index (Phi) is 9.14. The zero-order valence-electron chi connectivity index (χ0n) is 19.0. The third kappa shape index (κ3) is 6.75. The summed E-state index contributed by atoms with van der Waals surface area (Å²) < 4.78 is 27.9. The molecule has 3 aromatic rings. The topological polar surface area (TPSA) is 95.6 Å². The van der Waals surface area contributed by atoms with Gasteiger partial charge in [0.15, 0.2) is 0 Å². The van der Waals surface area contributed by atoms with Gasteiger partial charge in [0.2, 0.25) is 5.91 Å². The lowest BCUT2D eigenvalue weighted by molar-refractivity contribution is -0.114. The van der Waals surface area contributed by atoms with Crippen molar-refractivity contribution in [2.45, 2.75) is 24.7 Å². The summed E-state index contributed by atoms with van der Waals surface area (Å²) in [6, 6.07) is 18.6. The molecule has 0 atom stereocenters. The highest BCUT2D eigenvalue weighted by atomic mass is 35.5. The van der Waals surface area contributed by atoms with E-state index in [2.05, 4.69) is 10.6 Å². The first-order chi connectivity index (χ1) is 16.7. The second-order valence-electron chi connectivity index (χ2n) is 7.62. The van der Waals surface area contributed by atoms with E-state index in [0.29, 0.717) is 6.54 Å². The Labute approximate surface area is 215 Å². The van der Waals surface area contributed by atoms with Gasteiger partial charge in [0.05, 0.1) is 26.9 Å². The number of nitrogens with one attached hydrogen (secondary N) is 2. The second-order valence-corrected chi connectivity index (χ2v) is 10.3. The van der Waals surface area contributed by atoms with E-state index >= 15 is 0 Å². The monoisotopic (exact) mass is 533 g/mol. The number of nitrogens with zero attached hydrogens (tertiary/aromatic N) is 1. The van der Waals surface area contributed by atoms with Crippen molar-refractivity contribution < 1.29 is 18.0 Å². The smallest absolute Gasteiger partial charge is 0.264 e. The molecule has 0 unspecified atom stereocenters. The normalized spacial score (nSPS) is 11.1. The van der Waals surface area contributed by atoms with Gasteiger partial charge in [-0.15, -0.1) is 0 Å². The largest absolute Gasteiger partial charge is 0.352 e. The number of halogens is 2. The molecule has 0 saturated heterocycles. The number of anilines is 2. The molecule has 2 N–H and O–H groups in total. The van der Waals surface area contributed by atoms with Gasteiger partial charge >= 0.3 is 0 Å². The number of para-hydroxylation sites is 1. The van der Waals surface area contributed by atoms with Gasteiger partial charge < -0.3 is 10.6 Å². The van der Waals surface area contributed by atoms with Crippen LogP contribution in [-0.2, 0) is 14.8 Å². The zero-order chi connectivity index (χ0) is 25.4. The molecule has 0 saturated carbocycles. The minimum Gasteiger partial charge on any atom is -0.352 e. The molecule has 0 radical (unpaired) electrons. The van der Waals surface area contributed by atoms with Crippen molar-refractivity contribution in [3.63, 3.8) is 0 Å². The third-order valence-electron chi connectivity index (χ3n) is 5.06. The molecule has 0 aliphatic carbocycles. The van der Waals surface area contributed by atoms with Gasteiger partial charge in [-0.25, -0.2) is 8.42 Å². The first-order valence-electron chi connectivity index (χ1n) is 10.9. The number of sulfonamides is 1. The Bertz CT molecular complexity index is 1300. The van der Waals surface area contributed by atoms with Crippen LogP contribution in [0.25, 0.3) is 0 Å². The van der Waals surface area contributed by atoms with E-state index in [1.165, 1.54) is 30.3 Å². The number of amides is 2. The van der Waals surface area contributed by atoms with Crippen LogP contribution in [0.4, 0.5) is 11.4 Å². The molecule has 0 aromatic heterocycles. The summed E-state index contributed by atoms with van der Waals surface area (Å²) in [6.45, 7) is 1.93. The molecule has 0 heterocycles.